The molecule has 0 aliphatic carbocycles. The van der Waals surface area contributed by atoms with Crippen LogP contribution in [-0.4, -0.2) is 31.5 Å². The van der Waals surface area contributed by atoms with Gasteiger partial charge in [0, 0.05) is 6.08 Å². The summed E-state index contributed by atoms with van der Waals surface area (Å²) in [6.07, 6.45) is 1.07. The monoisotopic (exact) mass is 210 g/mol. The highest BCUT2D eigenvalue weighted by Crippen LogP contribution is 2.14. The van der Waals surface area contributed by atoms with E-state index in [-0.39, 0.29) is 0 Å². The number of halogens is 1. The molecule has 2 nitrogen and oxygen atoms in total. The van der Waals surface area contributed by atoms with E-state index in [0.717, 1.165) is 6.08 Å². The van der Waals surface area contributed by atoms with Gasteiger partial charge in [0.15, 0.2) is 5.56 Å². The summed E-state index contributed by atoms with van der Waals surface area (Å²) in [6.45, 7) is 11.4. The van der Waals surface area contributed by atoms with Crippen molar-refractivity contribution < 1.29 is 9.53 Å². The van der Waals surface area contributed by atoms with Crippen molar-refractivity contribution in [3.63, 3.8) is 0 Å². The van der Waals surface area contributed by atoms with Gasteiger partial charge in [-0.05, 0) is 26.9 Å². The highest BCUT2D eigenvalue weighted by Gasteiger charge is 1.98. The molecule has 12 heavy (non-hydrogen) atoms. The van der Waals surface area contributed by atoms with E-state index >= 15 is 0 Å². The molecule has 0 bridgehead atoms. The van der Waals surface area contributed by atoms with Crippen LogP contribution in [0.3, 0.4) is 0 Å². The lowest BCUT2D eigenvalue weighted by Gasteiger charge is -2.00. The van der Waals surface area contributed by atoms with Gasteiger partial charge in [0.05, 0.1) is 0 Å². The number of rotatable bonds is 2. The number of esters is 1. The lowest BCUT2D eigenvalue weighted by molar-refractivity contribution is -0.138. The van der Waals surface area contributed by atoms with Crippen LogP contribution in [0.15, 0.2) is 12.7 Å². The maximum atomic E-state index is 10.2. The smallest absolute Gasteiger partial charge is 0.331 e. The molecule has 0 spiro atoms. The molecule has 0 aromatic carbocycles. The lowest BCUT2D eigenvalue weighted by Crippen LogP contribution is -2.05. The van der Waals surface area contributed by atoms with E-state index in [1.165, 1.54) is 0 Å². The minimum atomic E-state index is -0.569. The van der Waals surface area contributed by atoms with Crippen LogP contribution in [0, 0.1) is 0 Å². The Morgan fingerprint density at radius 3 is 2.00 bits per heavy atom. The third-order valence-corrected chi connectivity index (χ3v) is 0.534. The fourth-order valence-electron chi connectivity index (χ4n) is 0.208. The third-order valence-electron chi connectivity index (χ3n) is 0.445. The van der Waals surface area contributed by atoms with Crippen LogP contribution in [0.4, 0.5) is 0 Å². The second-order valence-electron chi connectivity index (χ2n) is 2.53. The van der Waals surface area contributed by atoms with Crippen LogP contribution in [0.2, 0.25) is 0 Å². The number of carbonyl (C=O) groups excluding carboxylic acids is 1. The lowest BCUT2D eigenvalue weighted by atomic mass is 10.6. The van der Waals surface area contributed by atoms with Gasteiger partial charge in [-0.1, -0.05) is 18.2 Å². The molecule has 1 atom stereocenters. The molecule has 4 heteroatoms. The Morgan fingerprint density at radius 2 is 1.92 bits per heavy atom. The van der Waals surface area contributed by atoms with Crippen LogP contribution in [-0.2, 0) is 9.53 Å². The number of hydrogen-bond acceptors (Lipinski definition) is 2. The van der Waals surface area contributed by atoms with Crippen molar-refractivity contribution >= 4 is 25.5 Å². The summed E-state index contributed by atoms with van der Waals surface area (Å²) in [5.74, 6) is -0.493. The molecule has 0 saturated heterocycles. The van der Waals surface area contributed by atoms with E-state index in [4.69, 9.17) is 11.6 Å². The predicted molar refractivity (Wildman–Crippen MR) is 56.3 cm³/mol. The molecule has 72 valence electrons. The fraction of sp³-hybridized carbons (Fsp3) is 0.625. The van der Waals surface area contributed by atoms with Crippen molar-refractivity contribution in [1.29, 1.82) is 0 Å². The molecule has 0 saturated carbocycles. The molecule has 0 amide bonds. The summed E-state index contributed by atoms with van der Waals surface area (Å²) in [4.78, 5) is 10.2. The molecule has 0 aliphatic heterocycles. The molecule has 0 aliphatic rings. The van der Waals surface area contributed by atoms with E-state index in [2.05, 4.69) is 31.3 Å². The first-order chi connectivity index (χ1) is 5.40. The number of carbonyl (C=O) groups is 1. The molecule has 0 N–H and O–H groups in total. The minimum absolute atomic E-state index is 0.380. The molecule has 1 unspecified atom stereocenters. The molecule has 0 radical (unpaired) electrons. The summed E-state index contributed by atoms with van der Waals surface area (Å²) < 4.78 is 4.41. The average Bonchev–Trinajstić information content (AvgIpc) is 1.84. The second kappa shape index (κ2) is 9.02. The predicted octanol–water partition coefficient (Wildman–Crippen LogP) is 2.66. The topological polar surface area (TPSA) is 26.3 Å². The standard InChI is InChI=1S/C5H7ClO2.C3H9P/c1-3-5(7)8-4(2)6;1-4(2)3/h3-4H,1H2,2H3;1-3H3. The van der Waals surface area contributed by atoms with Crippen molar-refractivity contribution in [2.45, 2.75) is 12.5 Å². The molecule has 0 rings (SSSR count). The molecule has 0 aromatic heterocycles. The Bertz CT molecular complexity index is 132. The highest BCUT2D eigenvalue weighted by atomic mass is 35.5. The quantitative estimate of drug-likeness (QED) is 0.303. The fourth-order valence-corrected chi connectivity index (χ4v) is 0.296. The summed E-state index contributed by atoms with van der Waals surface area (Å²) in [7, 11) is 0.380. The zero-order chi connectivity index (χ0) is 10.1. The third kappa shape index (κ3) is 22.5. The highest BCUT2D eigenvalue weighted by molar-refractivity contribution is 7.55. The van der Waals surface area contributed by atoms with Gasteiger partial charge in [0.25, 0.3) is 0 Å². The SMILES string of the molecule is C=CC(=O)OC(C)Cl.CP(C)C. The number of alkyl halides is 1. The van der Waals surface area contributed by atoms with Crippen molar-refractivity contribution in [3.8, 4) is 0 Å². The van der Waals surface area contributed by atoms with Gasteiger partial charge < -0.3 is 4.74 Å². The van der Waals surface area contributed by atoms with Gasteiger partial charge in [-0.3, -0.25) is 0 Å². The summed E-state index contributed by atoms with van der Waals surface area (Å²) >= 11 is 5.26. The Morgan fingerprint density at radius 1 is 1.58 bits per heavy atom. The van der Waals surface area contributed by atoms with Gasteiger partial charge in [-0.2, -0.15) is 0 Å². The second-order valence-corrected chi connectivity index (χ2v) is 5.82. The zero-order valence-electron chi connectivity index (χ0n) is 8.00. The average molecular weight is 211 g/mol. The van der Waals surface area contributed by atoms with E-state index in [1.54, 1.807) is 6.92 Å². The largest absolute Gasteiger partial charge is 0.443 e. The normalized spacial score (nSPS) is 11.2. The molecular weight excluding hydrogens is 195 g/mol. The van der Waals surface area contributed by atoms with Gasteiger partial charge in [-0.15, -0.1) is 7.92 Å². The Balaban J connectivity index is 0. The summed E-state index contributed by atoms with van der Waals surface area (Å²) in [5, 5.41) is 0. The molecule has 0 aromatic rings. The summed E-state index contributed by atoms with van der Waals surface area (Å²) in [5.41, 5.74) is -0.569. The van der Waals surface area contributed by atoms with Gasteiger partial charge in [0.2, 0.25) is 0 Å². The van der Waals surface area contributed by atoms with Crippen LogP contribution >= 0.6 is 19.5 Å². The van der Waals surface area contributed by atoms with Crippen LogP contribution in [0.25, 0.3) is 0 Å². The first kappa shape index (κ1) is 14.5. The van der Waals surface area contributed by atoms with Gasteiger partial charge in [-0.25, -0.2) is 4.79 Å². The Hall–Kier alpha value is -0.0700. The maximum absolute atomic E-state index is 10.2. The van der Waals surface area contributed by atoms with Crippen molar-refractivity contribution in [1.82, 2.24) is 0 Å². The van der Waals surface area contributed by atoms with Gasteiger partial charge >= 0.3 is 5.97 Å². The Kier molecular flexibility index (Phi) is 10.9. The first-order valence-corrected chi connectivity index (χ1v) is 6.60. The van der Waals surface area contributed by atoms with Crippen molar-refractivity contribution in [3.05, 3.63) is 12.7 Å². The van der Waals surface area contributed by atoms with Crippen LogP contribution < -0.4 is 0 Å². The van der Waals surface area contributed by atoms with Crippen LogP contribution in [0.5, 0.6) is 0 Å². The molecular formula is C8H16ClO2P. The maximum Gasteiger partial charge on any atom is 0.331 e. The zero-order valence-corrected chi connectivity index (χ0v) is 9.65. The number of hydrogen-bond donors (Lipinski definition) is 0. The minimum Gasteiger partial charge on any atom is -0.443 e. The van der Waals surface area contributed by atoms with E-state index in [0.29, 0.717) is 7.92 Å². The van der Waals surface area contributed by atoms with Crippen molar-refractivity contribution in [2.24, 2.45) is 0 Å². The van der Waals surface area contributed by atoms with Gasteiger partial charge in [0.1, 0.15) is 0 Å². The van der Waals surface area contributed by atoms with E-state index in [9.17, 15) is 4.79 Å². The molecule has 0 fully saturated rings. The Labute approximate surface area is 80.7 Å². The van der Waals surface area contributed by atoms with E-state index in [1.807, 2.05) is 0 Å². The van der Waals surface area contributed by atoms with Crippen molar-refractivity contribution in [2.75, 3.05) is 20.0 Å². The first-order valence-electron chi connectivity index (χ1n) is 3.48. The van der Waals surface area contributed by atoms with Crippen LogP contribution in [0.1, 0.15) is 6.92 Å². The number of ether oxygens (including phenoxy) is 1. The van der Waals surface area contributed by atoms with E-state index < -0.39 is 11.5 Å². The molecule has 0 heterocycles. The summed E-state index contributed by atoms with van der Waals surface area (Å²) in [6, 6.07) is 0.